The molecule has 0 aliphatic heterocycles. The van der Waals surface area contributed by atoms with Gasteiger partial charge in [0.1, 0.15) is 5.75 Å². The maximum Gasteiger partial charge on any atom is 0.223 e. The molecule has 0 radical (unpaired) electrons. The minimum Gasteiger partial charge on any atom is -0.507 e. The van der Waals surface area contributed by atoms with Crippen LogP contribution in [0.1, 0.15) is 0 Å². The fourth-order valence-electron chi connectivity index (χ4n) is 2.75. The molecular formula is C18H11ClN2O. The summed E-state index contributed by atoms with van der Waals surface area (Å²) >= 11 is 6.07. The first-order valence-electron chi connectivity index (χ1n) is 6.87. The second-order valence-electron chi connectivity index (χ2n) is 5.04. The number of hydrogen-bond donors (Lipinski definition) is 1. The molecule has 1 heterocycles. The molecule has 0 unspecified atom stereocenters. The minimum absolute atomic E-state index is 0.168. The lowest BCUT2D eigenvalue weighted by atomic mass is 9.98. The van der Waals surface area contributed by atoms with Crippen LogP contribution in [0, 0.1) is 0 Å². The van der Waals surface area contributed by atoms with Crippen molar-refractivity contribution in [3.8, 4) is 17.0 Å². The molecule has 3 nitrogen and oxygen atoms in total. The first kappa shape index (κ1) is 13.0. The van der Waals surface area contributed by atoms with Gasteiger partial charge in [-0.2, -0.15) is 0 Å². The third kappa shape index (κ3) is 1.98. The van der Waals surface area contributed by atoms with Crippen LogP contribution in [-0.4, -0.2) is 15.1 Å². The van der Waals surface area contributed by atoms with E-state index in [0.717, 1.165) is 21.7 Å². The fourth-order valence-corrected chi connectivity index (χ4v) is 2.92. The molecule has 0 amide bonds. The highest BCUT2D eigenvalue weighted by Crippen LogP contribution is 2.38. The van der Waals surface area contributed by atoms with E-state index in [1.807, 2.05) is 54.6 Å². The van der Waals surface area contributed by atoms with E-state index in [-0.39, 0.29) is 11.0 Å². The van der Waals surface area contributed by atoms with Crippen molar-refractivity contribution in [1.29, 1.82) is 0 Å². The summed E-state index contributed by atoms with van der Waals surface area (Å²) < 4.78 is 0. The Morgan fingerprint density at radius 2 is 1.50 bits per heavy atom. The van der Waals surface area contributed by atoms with Crippen molar-refractivity contribution in [2.24, 2.45) is 0 Å². The number of fused-ring (bicyclic) bond motifs is 2. The SMILES string of the molecule is Oc1ccc2ccccc2c1-c1nc(Cl)nc2ccccc12. The number of phenolic OH excluding ortho intramolecular Hbond substituents is 1. The van der Waals surface area contributed by atoms with Crippen LogP contribution < -0.4 is 0 Å². The van der Waals surface area contributed by atoms with Crippen molar-refractivity contribution in [2.75, 3.05) is 0 Å². The summed E-state index contributed by atoms with van der Waals surface area (Å²) in [5.74, 6) is 0.179. The largest absolute Gasteiger partial charge is 0.507 e. The topological polar surface area (TPSA) is 46.0 Å². The number of phenols is 1. The second-order valence-corrected chi connectivity index (χ2v) is 5.38. The zero-order valence-electron chi connectivity index (χ0n) is 11.5. The maximum atomic E-state index is 10.4. The monoisotopic (exact) mass is 306 g/mol. The lowest BCUT2D eigenvalue weighted by molar-refractivity contribution is 0.478. The molecule has 4 heteroatoms. The van der Waals surface area contributed by atoms with Crippen LogP contribution in [0.25, 0.3) is 32.9 Å². The summed E-state index contributed by atoms with van der Waals surface area (Å²) in [5, 5.41) is 13.4. The third-order valence-electron chi connectivity index (χ3n) is 3.72. The Labute approximate surface area is 131 Å². The predicted molar refractivity (Wildman–Crippen MR) is 89.2 cm³/mol. The Morgan fingerprint density at radius 3 is 2.36 bits per heavy atom. The Hall–Kier alpha value is -2.65. The first-order chi connectivity index (χ1) is 10.7. The molecule has 0 atom stereocenters. The van der Waals surface area contributed by atoms with E-state index >= 15 is 0 Å². The van der Waals surface area contributed by atoms with Gasteiger partial charge in [-0.25, -0.2) is 9.97 Å². The minimum atomic E-state index is 0.168. The van der Waals surface area contributed by atoms with Gasteiger partial charge in [0.05, 0.1) is 16.8 Å². The van der Waals surface area contributed by atoms with Crippen molar-refractivity contribution in [3.05, 3.63) is 65.9 Å². The number of aromatic nitrogens is 2. The average Bonchev–Trinajstić information content (AvgIpc) is 2.54. The molecule has 0 bridgehead atoms. The molecular weight excluding hydrogens is 296 g/mol. The van der Waals surface area contributed by atoms with Crippen molar-refractivity contribution in [1.82, 2.24) is 9.97 Å². The number of aromatic hydroxyl groups is 1. The van der Waals surface area contributed by atoms with Crippen molar-refractivity contribution in [3.63, 3.8) is 0 Å². The van der Waals surface area contributed by atoms with Crippen LogP contribution in [0.5, 0.6) is 5.75 Å². The van der Waals surface area contributed by atoms with Gasteiger partial charge in [0.25, 0.3) is 0 Å². The zero-order chi connectivity index (χ0) is 15.1. The molecule has 0 fully saturated rings. The predicted octanol–water partition coefficient (Wildman–Crippen LogP) is 4.81. The number of halogens is 1. The fraction of sp³-hybridized carbons (Fsp3) is 0. The Balaban J connectivity index is 2.18. The summed E-state index contributed by atoms with van der Waals surface area (Å²) in [6.07, 6.45) is 0. The molecule has 0 aliphatic carbocycles. The second kappa shape index (κ2) is 4.97. The summed E-state index contributed by atoms with van der Waals surface area (Å²) in [6.45, 7) is 0. The summed E-state index contributed by atoms with van der Waals surface area (Å²) in [6, 6.07) is 19.1. The van der Waals surface area contributed by atoms with Gasteiger partial charge >= 0.3 is 0 Å². The van der Waals surface area contributed by atoms with Gasteiger partial charge in [-0.3, -0.25) is 0 Å². The summed E-state index contributed by atoms with van der Waals surface area (Å²) in [7, 11) is 0. The van der Waals surface area contributed by atoms with Crippen molar-refractivity contribution < 1.29 is 5.11 Å². The normalized spacial score (nSPS) is 11.1. The van der Waals surface area contributed by atoms with Gasteiger partial charge < -0.3 is 5.11 Å². The van der Waals surface area contributed by atoms with Crippen LogP contribution in [-0.2, 0) is 0 Å². The van der Waals surface area contributed by atoms with Crippen LogP contribution >= 0.6 is 11.6 Å². The number of rotatable bonds is 1. The molecule has 4 rings (SSSR count). The molecule has 0 saturated carbocycles. The molecule has 3 aromatic carbocycles. The van der Waals surface area contributed by atoms with Crippen molar-refractivity contribution >= 4 is 33.3 Å². The first-order valence-corrected chi connectivity index (χ1v) is 7.25. The standard InChI is InChI=1S/C18H11ClN2O/c19-18-20-14-8-4-3-7-13(14)17(21-18)16-12-6-2-1-5-11(12)9-10-15(16)22/h1-10,22H. The van der Waals surface area contributed by atoms with E-state index in [0.29, 0.717) is 11.3 Å². The van der Waals surface area contributed by atoms with Gasteiger partial charge in [0, 0.05) is 5.39 Å². The number of benzene rings is 3. The van der Waals surface area contributed by atoms with Gasteiger partial charge in [-0.15, -0.1) is 0 Å². The van der Waals surface area contributed by atoms with E-state index in [1.54, 1.807) is 6.07 Å². The van der Waals surface area contributed by atoms with Gasteiger partial charge in [-0.1, -0.05) is 48.5 Å². The molecule has 0 aliphatic rings. The Bertz CT molecular complexity index is 1010. The quantitative estimate of drug-likeness (QED) is 0.513. The van der Waals surface area contributed by atoms with E-state index in [9.17, 15) is 5.11 Å². The van der Waals surface area contributed by atoms with Gasteiger partial charge in [0.15, 0.2) is 0 Å². The number of nitrogens with zero attached hydrogens (tertiary/aromatic N) is 2. The summed E-state index contributed by atoms with van der Waals surface area (Å²) in [4.78, 5) is 8.62. The molecule has 106 valence electrons. The van der Waals surface area contributed by atoms with Crippen LogP contribution in [0.2, 0.25) is 5.28 Å². The third-order valence-corrected chi connectivity index (χ3v) is 3.89. The molecule has 0 saturated heterocycles. The maximum absolute atomic E-state index is 10.4. The molecule has 0 spiro atoms. The van der Waals surface area contributed by atoms with E-state index in [2.05, 4.69) is 9.97 Å². The Kier molecular flexibility index (Phi) is 2.94. The number of hydrogen-bond acceptors (Lipinski definition) is 3. The van der Waals surface area contributed by atoms with E-state index in [1.165, 1.54) is 0 Å². The average molecular weight is 307 g/mol. The molecule has 4 aromatic rings. The summed E-state index contributed by atoms with van der Waals surface area (Å²) in [5.41, 5.74) is 2.08. The molecule has 1 aromatic heterocycles. The highest BCUT2D eigenvalue weighted by atomic mass is 35.5. The Morgan fingerprint density at radius 1 is 0.773 bits per heavy atom. The van der Waals surface area contributed by atoms with Gasteiger partial charge in [-0.05, 0) is 34.5 Å². The van der Waals surface area contributed by atoms with Crippen molar-refractivity contribution in [2.45, 2.75) is 0 Å². The smallest absolute Gasteiger partial charge is 0.223 e. The van der Waals surface area contributed by atoms with E-state index in [4.69, 9.17) is 11.6 Å². The molecule has 1 N–H and O–H groups in total. The van der Waals surface area contributed by atoms with Crippen LogP contribution in [0.3, 0.4) is 0 Å². The highest BCUT2D eigenvalue weighted by molar-refractivity contribution is 6.29. The lowest BCUT2D eigenvalue weighted by Gasteiger charge is -2.11. The van der Waals surface area contributed by atoms with Gasteiger partial charge in [0.2, 0.25) is 5.28 Å². The highest BCUT2D eigenvalue weighted by Gasteiger charge is 2.15. The van der Waals surface area contributed by atoms with Crippen LogP contribution in [0.15, 0.2) is 60.7 Å². The van der Waals surface area contributed by atoms with Crippen LogP contribution in [0.4, 0.5) is 0 Å². The van der Waals surface area contributed by atoms with E-state index < -0.39 is 0 Å². The zero-order valence-corrected chi connectivity index (χ0v) is 12.2. The molecule has 22 heavy (non-hydrogen) atoms. The lowest BCUT2D eigenvalue weighted by Crippen LogP contribution is -1.92. The number of para-hydroxylation sites is 1.